The fourth-order valence-corrected chi connectivity index (χ4v) is 0.869. The molecule has 0 saturated carbocycles. The van der Waals surface area contributed by atoms with Crippen molar-refractivity contribution >= 4 is 11.7 Å². The zero-order valence-corrected chi connectivity index (χ0v) is 6.31. The second kappa shape index (κ2) is 3.18. The Morgan fingerprint density at radius 1 is 1.45 bits per heavy atom. The normalized spacial score (nSPS) is 20.8. The van der Waals surface area contributed by atoms with Crippen LogP contribution in [0, 0.1) is 0 Å². The van der Waals surface area contributed by atoms with E-state index in [-0.39, 0.29) is 11.7 Å². The summed E-state index contributed by atoms with van der Waals surface area (Å²) >= 11 is 0. The first-order valence-electron chi connectivity index (χ1n) is 3.44. The van der Waals surface area contributed by atoms with E-state index < -0.39 is 0 Å². The lowest BCUT2D eigenvalue weighted by Crippen LogP contribution is -2.43. The standard InChI is InChI=1S/C7H10N2O2/c1-5(10)4-6-7(11)9-3-2-8-6/h4,8H,2-3H2,1H3,(H,9,11). The molecule has 4 heteroatoms. The monoisotopic (exact) mass is 154 g/mol. The fourth-order valence-electron chi connectivity index (χ4n) is 0.869. The maximum absolute atomic E-state index is 10.9. The zero-order valence-electron chi connectivity index (χ0n) is 6.31. The molecule has 11 heavy (non-hydrogen) atoms. The van der Waals surface area contributed by atoms with Crippen LogP contribution in [0.2, 0.25) is 0 Å². The van der Waals surface area contributed by atoms with Crippen molar-refractivity contribution in [2.75, 3.05) is 13.1 Å². The predicted molar refractivity (Wildman–Crippen MR) is 39.8 cm³/mol. The highest BCUT2D eigenvalue weighted by Gasteiger charge is 2.12. The highest BCUT2D eigenvalue weighted by Crippen LogP contribution is 1.93. The molecule has 0 bridgehead atoms. The Morgan fingerprint density at radius 2 is 2.09 bits per heavy atom. The van der Waals surface area contributed by atoms with E-state index in [1.165, 1.54) is 13.0 Å². The van der Waals surface area contributed by atoms with Crippen molar-refractivity contribution in [1.29, 1.82) is 0 Å². The van der Waals surface area contributed by atoms with Crippen molar-refractivity contribution < 1.29 is 9.59 Å². The van der Waals surface area contributed by atoms with Crippen LogP contribution in [0.25, 0.3) is 0 Å². The first kappa shape index (κ1) is 7.78. The predicted octanol–water partition coefficient (Wildman–Crippen LogP) is -0.821. The summed E-state index contributed by atoms with van der Waals surface area (Å²) in [5.74, 6) is -0.323. The van der Waals surface area contributed by atoms with Gasteiger partial charge in [-0.15, -0.1) is 0 Å². The van der Waals surface area contributed by atoms with E-state index in [4.69, 9.17) is 0 Å². The van der Waals surface area contributed by atoms with Gasteiger partial charge < -0.3 is 10.6 Å². The number of nitrogens with one attached hydrogen (secondary N) is 2. The lowest BCUT2D eigenvalue weighted by atomic mass is 10.2. The summed E-state index contributed by atoms with van der Waals surface area (Å²) in [5, 5.41) is 5.44. The number of ketones is 1. The van der Waals surface area contributed by atoms with Crippen molar-refractivity contribution in [3.8, 4) is 0 Å². The maximum Gasteiger partial charge on any atom is 0.267 e. The molecule has 1 saturated heterocycles. The summed E-state index contributed by atoms with van der Waals surface area (Å²) in [6, 6.07) is 0. The lowest BCUT2D eigenvalue weighted by Gasteiger charge is -2.16. The Hall–Kier alpha value is -1.32. The van der Waals surface area contributed by atoms with E-state index in [0.29, 0.717) is 18.8 Å². The molecule has 1 aliphatic rings. The van der Waals surface area contributed by atoms with Gasteiger partial charge in [0, 0.05) is 19.2 Å². The summed E-state index contributed by atoms with van der Waals surface area (Å²) in [6.07, 6.45) is 1.30. The van der Waals surface area contributed by atoms with Crippen LogP contribution in [0.15, 0.2) is 11.8 Å². The first-order valence-corrected chi connectivity index (χ1v) is 3.44. The largest absolute Gasteiger partial charge is 0.379 e. The third-order valence-electron chi connectivity index (χ3n) is 1.32. The van der Waals surface area contributed by atoms with Gasteiger partial charge in [-0.3, -0.25) is 9.59 Å². The van der Waals surface area contributed by atoms with Gasteiger partial charge in [-0.25, -0.2) is 0 Å². The van der Waals surface area contributed by atoms with Gasteiger partial charge in [-0.05, 0) is 6.92 Å². The van der Waals surface area contributed by atoms with Crippen molar-refractivity contribution in [2.45, 2.75) is 6.92 Å². The highest BCUT2D eigenvalue weighted by molar-refractivity contribution is 6.00. The zero-order chi connectivity index (χ0) is 8.27. The van der Waals surface area contributed by atoms with E-state index in [9.17, 15) is 9.59 Å². The van der Waals surface area contributed by atoms with Crippen LogP contribution in [0.1, 0.15) is 6.92 Å². The molecule has 2 N–H and O–H groups in total. The summed E-state index contributed by atoms with van der Waals surface area (Å²) < 4.78 is 0. The molecule has 0 aromatic heterocycles. The average molecular weight is 154 g/mol. The molecule has 4 nitrogen and oxygen atoms in total. The van der Waals surface area contributed by atoms with Gasteiger partial charge in [0.05, 0.1) is 0 Å². The Labute approximate surface area is 64.7 Å². The van der Waals surface area contributed by atoms with Crippen LogP contribution < -0.4 is 10.6 Å². The Balaban J connectivity index is 2.68. The molecule has 1 heterocycles. The summed E-state index contributed by atoms with van der Waals surface area (Å²) in [7, 11) is 0. The minimum absolute atomic E-state index is 0.121. The Morgan fingerprint density at radius 3 is 2.64 bits per heavy atom. The quantitative estimate of drug-likeness (QED) is 0.485. The second-order valence-corrected chi connectivity index (χ2v) is 2.35. The van der Waals surface area contributed by atoms with Crippen LogP contribution in [0.5, 0.6) is 0 Å². The van der Waals surface area contributed by atoms with E-state index in [1.54, 1.807) is 0 Å². The maximum atomic E-state index is 10.9. The molecular formula is C7H10N2O2. The molecule has 0 aromatic rings. The molecule has 1 amide bonds. The van der Waals surface area contributed by atoms with Crippen molar-refractivity contribution in [1.82, 2.24) is 10.6 Å². The first-order chi connectivity index (χ1) is 5.20. The molecule has 1 fully saturated rings. The summed E-state index contributed by atoms with van der Waals surface area (Å²) in [4.78, 5) is 21.5. The smallest absolute Gasteiger partial charge is 0.267 e. The molecule has 60 valence electrons. The van der Waals surface area contributed by atoms with Crippen LogP contribution in [0.4, 0.5) is 0 Å². The number of piperazine rings is 1. The van der Waals surface area contributed by atoms with Gasteiger partial charge in [0.2, 0.25) is 0 Å². The Kier molecular flexibility index (Phi) is 2.25. The van der Waals surface area contributed by atoms with Gasteiger partial charge in [0.15, 0.2) is 5.78 Å². The van der Waals surface area contributed by atoms with E-state index in [0.717, 1.165) is 0 Å². The third kappa shape index (κ3) is 2.07. The summed E-state index contributed by atoms with van der Waals surface area (Å²) in [5.41, 5.74) is 0.365. The van der Waals surface area contributed by atoms with Crippen molar-refractivity contribution in [3.05, 3.63) is 11.8 Å². The molecular weight excluding hydrogens is 144 g/mol. The van der Waals surface area contributed by atoms with E-state index in [1.807, 2.05) is 0 Å². The average Bonchev–Trinajstić information content (AvgIpc) is 1.93. The van der Waals surface area contributed by atoms with Crippen LogP contribution in [-0.2, 0) is 9.59 Å². The Bertz CT molecular complexity index is 220. The molecule has 1 rings (SSSR count). The topological polar surface area (TPSA) is 58.2 Å². The van der Waals surface area contributed by atoms with Gasteiger partial charge in [0.1, 0.15) is 5.70 Å². The van der Waals surface area contributed by atoms with Crippen LogP contribution in [-0.4, -0.2) is 24.8 Å². The molecule has 0 unspecified atom stereocenters. The minimum Gasteiger partial charge on any atom is -0.379 e. The minimum atomic E-state index is -0.202. The molecule has 0 spiro atoms. The number of carbonyl (C=O) groups excluding carboxylic acids is 2. The number of hydrogen-bond acceptors (Lipinski definition) is 3. The van der Waals surface area contributed by atoms with Gasteiger partial charge >= 0.3 is 0 Å². The van der Waals surface area contributed by atoms with Gasteiger partial charge in [-0.1, -0.05) is 0 Å². The molecule has 0 radical (unpaired) electrons. The highest BCUT2D eigenvalue weighted by atomic mass is 16.2. The van der Waals surface area contributed by atoms with E-state index >= 15 is 0 Å². The third-order valence-corrected chi connectivity index (χ3v) is 1.32. The fraction of sp³-hybridized carbons (Fsp3) is 0.429. The number of allylic oxidation sites excluding steroid dienone is 1. The van der Waals surface area contributed by atoms with Crippen molar-refractivity contribution in [3.63, 3.8) is 0 Å². The molecule has 1 aliphatic heterocycles. The number of carbonyl (C=O) groups is 2. The molecule has 0 aromatic carbocycles. The number of rotatable bonds is 1. The van der Waals surface area contributed by atoms with Gasteiger partial charge in [-0.2, -0.15) is 0 Å². The van der Waals surface area contributed by atoms with Crippen LogP contribution in [0.3, 0.4) is 0 Å². The molecule has 0 atom stereocenters. The van der Waals surface area contributed by atoms with E-state index in [2.05, 4.69) is 10.6 Å². The summed E-state index contributed by atoms with van der Waals surface area (Å²) in [6.45, 7) is 2.72. The van der Waals surface area contributed by atoms with Gasteiger partial charge in [0.25, 0.3) is 5.91 Å². The number of hydrogen-bond donors (Lipinski definition) is 2. The lowest BCUT2D eigenvalue weighted by molar-refractivity contribution is -0.119. The second-order valence-electron chi connectivity index (χ2n) is 2.35. The van der Waals surface area contributed by atoms with Crippen LogP contribution >= 0.6 is 0 Å². The van der Waals surface area contributed by atoms with Crippen molar-refractivity contribution in [2.24, 2.45) is 0 Å². The SMILES string of the molecule is CC(=O)C=C1NCCNC1=O. The number of amides is 1. The molecule has 0 aliphatic carbocycles.